The first-order chi connectivity index (χ1) is 9.19. The molecule has 1 rings (SSSR count). The van der Waals surface area contributed by atoms with Crippen molar-refractivity contribution in [3.8, 4) is 0 Å². The molecule has 0 bridgehead atoms. The first-order valence-corrected chi connectivity index (χ1v) is 7.19. The number of aliphatic carboxylic acids is 1. The van der Waals surface area contributed by atoms with Gasteiger partial charge in [-0.1, -0.05) is 13.0 Å². The van der Waals surface area contributed by atoms with Gasteiger partial charge in [-0.05, 0) is 18.9 Å². The number of carbonyl (C=O) groups is 1. The molecule has 0 fully saturated rings. The fourth-order valence-corrected chi connectivity index (χ4v) is 3.07. The Kier molecular flexibility index (Phi) is 4.79. The highest BCUT2D eigenvalue weighted by Gasteiger charge is 2.25. The van der Waals surface area contributed by atoms with Crippen molar-refractivity contribution >= 4 is 21.7 Å². The van der Waals surface area contributed by atoms with Crippen LogP contribution < -0.4 is 4.72 Å². The predicted molar refractivity (Wildman–Crippen MR) is 69.9 cm³/mol. The summed E-state index contributed by atoms with van der Waals surface area (Å²) in [6, 6.07) is 2.15. The van der Waals surface area contributed by atoms with Crippen LogP contribution in [0.15, 0.2) is 23.1 Å². The number of nitro benzene ring substituents is 1. The zero-order valence-corrected chi connectivity index (χ0v) is 11.7. The third-order valence-corrected chi connectivity index (χ3v) is 4.26. The molecule has 1 aromatic carbocycles. The number of nitrogens with one attached hydrogen (secondary N) is 1. The van der Waals surface area contributed by atoms with Gasteiger partial charge in [0, 0.05) is 12.1 Å². The molecular formula is C11H14N2O6S. The molecule has 8 nitrogen and oxygen atoms in total. The summed E-state index contributed by atoms with van der Waals surface area (Å²) in [7, 11) is -4.14. The molecule has 1 aromatic rings. The van der Waals surface area contributed by atoms with Crippen molar-refractivity contribution in [2.45, 2.75) is 31.2 Å². The predicted octanol–water partition coefficient (Wildman–Crippen LogP) is 0.909. The van der Waals surface area contributed by atoms with Crippen molar-refractivity contribution in [1.29, 1.82) is 0 Å². The second kappa shape index (κ2) is 5.97. The van der Waals surface area contributed by atoms with Crippen LogP contribution in [-0.2, 0) is 21.2 Å². The minimum absolute atomic E-state index is 0.276. The van der Waals surface area contributed by atoms with Gasteiger partial charge in [-0.3, -0.25) is 14.9 Å². The summed E-state index contributed by atoms with van der Waals surface area (Å²) in [5, 5.41) is 19.4. The van der Waals surface area contributed by atoms with Crippen LogP contribution in [0.5, 0.6) is 0 Å². The lowest BCUT2D eigenvalue weighted by atomic mass is 10.1. The number of hydrogen-bond donors (Lipinski definition) is 2. The fraction of sp³-hybridized carbons (Fsp3) is 0.364. The highest BCUT2D eigenvalue weighted by molar-refractivity contribution is 7.89. The summed E-state index contributed by atoms with van der Waals surface area (Å²) < 4.78 is 26.2. The van der Waals surface area contributed by atoms with E-state index in [9.17, 15) is 23.3 Å². The second-order valence-corrected chi connectivity index (χ2v) is 5.77. The van der Waals surface area contributed by atoms with Gasteiger partial charge in [0.25, 0.3) is 5.69 Å². The Balaban J connectivity index is 3.31. The van der Waals surface area contributed by atoms with Crippen LogP contribution in [0.2, 0.25) is 0 Å². The van der Waals surface area contributed by atoms with Gasteiger partial charge in [-0.2, -0.15) is 4.72 Å². The Labute approximate surface area is 115 Å². The zero-order valence-electron chi connectivity index (χ0n) is 10.9. The van der Waals surface area contributed by atoms with Crippen molar-refractivity contribution in [2.75, 3.05) is 0 Å². The van der Waals surface area contributed by atoms with Gasteiger partial charge in [0.05, 0.1) is 9.82 Å². The molecule has 0 saturated carbocycles. The topological polar surface area (TPSA) is 127 Å². The largest absolute Gasteiger partial charge is 0.480 e. The van der Waals surface area contributed by atoms with E-state index in [1.54, 1.807) is 6.92 Å². The first-order valence-electron chi connectivity index (χ1n) is 5.71. The number of non-ortho nitro benzene ring substituents is 1. The number of nitrogens with zero attached hydrogens (tertiary/aromatic N) is 1. The third-order valence-electron chi connectivity index (χ3n) is 2.63. The lowest BCUT2D eigenvalue weighted by Crippen LogP contribution is -2.38. The summed E-state index contributed by atoms with van der Waals surface area (Å²) in [6.07, 6.45) is 0.343. The van der Waals surface area contributed by atoms with Gasteiger partial charge >= 0.3 is 5.97 Å². The highest BCUT2D eigenvalue weighted by atomic mass is 32.2. The monoisotopic (exact) mass is 302 g/mol. The molecule has 0 radical (unpaired) electrons. The molecule has 9 heteroatoms. The number of nitro groups is 1. The van der Waals surface area contributed by atoms with Crippen LogP contribution in [0, 0.1) is 10.1 Å². The molecule has 110 valence electrons. The van der Waals surface area contributed by atoms with Gasteiger partial charge < -0.3 is 5.11 Å². The second-order valence-electron chi connectivity index (χ2n) is 4.08. The number of benzene rings is 1. The maximum Gasteiger partial charge on any atom is 0.321 e. The maximum atomic E-state index is 12.1. The number of aryl methyl sites for hydroxylation is 1. The van der Waals surface area contributed by atoms with Crippen molar-refractivity contribution < 1.29 is 23.2 Å². The average molecular weight is 302 g/mol. The Bertz CT molecular complexity index is 640. The van der Waals surface area contributed by atoms with Gasteiger partial charge in [-0.15, -0.1) is 0 Å². The zero-order chi connectivity index (χ0) is 15.5. The van der Waals surface area contributed by atoms with Crippen LogP contribution in [0.1, 0.15) is 19.4 Å². The van der Waals surface area contributed by atoms with E-state index in [2.05, 4.69) is 0 Å². The van der Waals surface area contributed by atoms with E-state index in [-0.39, 0.29) is 10.6 Å². The SMILES string of the molecule is CCc1ccc([N+](=O)[O-])cc1S(=O)(=O)NC(C)C(=O)O. The summed E-state index contributed by atoms with van der Waals surface area (Å²) in [5.41, 5.74) is 0.00578. The van der Waals surface area contributed by atoms with Crippen molar-refractivity contribution in [2.24, 2.45) is 0 Å². The number of carboxylic acid groups (broad SMARTS) is 1. The molecule has 0 saturated heterocycles. The van der Waals surface area contributed by atoms with Gasteiger partial charge in [0.15, 0.2) is 0 Å². The van der Waals surface area contributed by atoms with Crippen LogP contribution >= 0.6 is 0 Å². The van der Waals surface area contributed by atoms with Crippen LogP contribution in [-0.4, -0.2) is 30.5 Å². The smallest absolute Gasteiger partial charge is 0.321 e. The lowest BCUT2D eigenvalue weighted by molar-refractivity contribution is -0.385. The van der Waals surface area contributed by atoms with E-state index in [1.807, 2.05) is 4.72 Å². The van der Waals surface area contributed by atoms with Crippen molar-refractivity contribution in [1.82, 2.24) is 4.72 Å². The molecule has 0 aromatic heterocycles. The summed E-state index contributed by atoms with van der Waals surface area (Å²) in [5.74, 6) is -1.34. The molecule has 0 aliphatic rings. The first kappa shape index (κ1) is 16.1. The average Bonchev–Trinajstić information content (AvgIpc) is 2.37. The van der Waals surface area contributed by atoms with E-state index >= 15 is 0 Å². The van der Waals surface area contributed by atoms with E-state index in [0.29, 0.717) is 12.0 Å². The van der Waals surface area contributed by atoms with E-state index in [0.717, 1.165) is 6.07 Å². The molecule has 20 heavy (non-hydrogen) atoms. The molecule has 0 aliphatic heterocycles. The van der Waals surface area contributed by atoms with Gasteiger partial charge in [0.1, 0.15) is 6.04 Å². The quantitative estimate of drug-likeness (QED) is 0.594. The number of hydrogen-bond acceptors (Lipinski definition) is 5. The van der Waals surface area contributed by atoms with E-state index in [4.69, 9.17) is 5.11 Å². The Hall–Kier alpha value is -2.00. The summed E-state index contributed by atoms with van der Waals surface area (Å²) >= 11 is 0. The molecule has 2 N–H and O–H groups in total. The highest BCUT2D eigenvalue weighted by Crippen LogP contribution is 2.23. The minimum atomic E-state index is -4.14. The minimum Gasteiger partial charge on any atom is -0.480 e. The van der Waals surface area contributed by atoms with Crippen molar-refractivity contribution in [3.05, 3.63) is 33.9 Å². The molecule has 1 atom stereocenters. The van der Waals surface area contributed by atoms with Crippen LogP contribution in [0.4, 0.5) is 5.69 Å². The van der Waals surface area contributed by atoms with Gasteiger partial charge in [0.2, 0.25) is 10.0 Å². The summed E-state index contributed by atoms with van der Waals surface area (Å²) in [4.78, 5) is 20.4. The van der Waals surface area contributed by atoms with E-state index in [1.165, 1.54) is 19.1 Å². The molecule has 0 aliphatic carbocycles. The number of rotatable bonds is 6. The summed E-state index contributed by atoms with van der Waals surface area (Å²) in [6.45, 7) is 2.86. The molecule has 1 unspecified atom stereocenters. The van der Waals surface area contributed by atoms with Crippen LogP contribution in [0.3, 0.4) is 0 Å². The molecule has 0 amide bonds. The Morgan fingerprint density at radius 3 is 2.55 bits per heavy atom. The third kappa shape index (κ3) is 3.52. The van der Waals surface area contributed by atoms with Gasteiger partial charge in [-0.25, -0.2) is 8.42 Å². The number of carboxylic acids is 1. The van der Waals surface area contributed by atoms with E-state index < -0.39 is 27.0 Å². The maximum absolute atomic E-state index is 12.1. The van der Waals surface area contributed by atoms with Crippen LogP contribution in [0.25, 0.3) is 0 Å². The molecule has 0 heterocycles. The normalized spacial score (nSPS) is 12.9. The molecular weight excluding hydrogens is 288 g/mol. The van der Waals surface area contributed by atoms with Crippen molar-refractivity contribution in [3.63, 3.8) is 0 Å². The number of sulfonamides is 1. The Morgan fingerprint density at radius 2 is 2.10 bits per heavy atom. The molecule has 0 spiro atoms. The Morgan fingerprint density at radius 1 is 1.50 bits per heavy atom. The lowest BCUT2D eigenvalue weighted by Gasteiger charge is -2.12. The fourth-order valence-electron chi connectivity index (χ4n) is 1.55. The standard InChI is InChI=1S/C11H14N2O6S/c1-3-8-4-5-9(13(16)17)6-10(8)20(18,19)12-7(2)11(14)15/h4-7,12H,3H2,1-2H3,(H,14,15).